The zero-order chi connectivity index (χ0) is 21.0. The maximum absolute atomic E-state index is 12.7. The highest BCUT2D eigenvalue weighted by atomic mass is 35.5. The molecule has 1 saturated heterocycles. The fourth-order valence-electron chi connectivity index (χ4n) is 3.16. The summed E-state index contributed by atoms with van der Waals surface area (Å²) in [5.41, 5.74) is 0.203. The lowest BCUT2D eigenvalue weighted by molar-refractivity contribution is -0.385. The summed E-state index contributed by atoms with van der Waals surface area (Å²) in [5, 5.41) is 13.9. The van der Waals surface area contributed by atoms with Crippen LogP contribution in [-0.2, 0) is 16.6 Å². The predicted octanol–water partition coefficient (Wildman–Crippen LogP) is 3.35. The maximum atomic E-state index is 12.7. The summed E-state index contributed by atoms with van der Waals surface area (Å²) in [7, 11) is -3.51. The Labute approximate surface area is 173 Å². The first-order valence-electron chi connectivity index (χ1n) is 9.10. The molecule has 0 aromatic heterocycles. The second-order valence-corrected chi connectivity index (χ2v) is 9.08. The number of hydrogen-bond acceptors (Lipinski definition) is 5. The van der Waals surface area contributed by atoms with E-state index in [4.69, 9.17) is 11.6 Å². The molecule has 0 bridgehead atoms. The van der Waals surface area contributed by atoms with Crippen molar-refractivity contribution in [3.8, 4) is 0 Å². The van der Waals surface area contributed by atoms with Crippen LogP contribution in [0, 0.1) is 10.1 Å². The minimum absolute atomic E-state index is 0.0938. The molecule has 0 aliphatic carbocycles. The van der Waals surface area contributed by atoms with Gasteiger partial charge < -0.3 is 5.32 Å². The largest absolute Gasteiger partial charge is 0.348 e. The Hall–Kier alpha value is -2.49. The van der Waals surface area contributed by atoms with Gasteiger partial charge in [0.15, 0.2) is 0 Å². The molecule has 3 rings (SSSR count). The molecule has 1 fully saturated rings. The molecule has 2 aromatic carbocycles. The summed E-state index contributed by atoms with van der Waals surface area (Å²) < 4.78 is 26.8. The first-order valence-corrected chi connectivity index (χ1v) is 10.9. The van der Waals surface area contributed by atoms with Crippen molar-refractivity contribution in [2.75, 3.05) is 13.1 Å². The third kappa shape index (κ3) is 4.92. The number of halogens is 1. The monoisotopic (exact) mass is 437 g/mol. The summed E-state index contributed by atoms with van der Waals surface area (Å²) in [6.07, 6.45) is 2.76. The van der Waals surface area contributed by atoms with Crippen molar-refractivity contribution < 1.29 is 18.1 Å². The van der Waals surface area contributed by atoms with Crippen LogP contribution in [0.25, 0.3) is 0 Å². The normalized spacial score (nSPS) is 15.1. The number of piperidine rings is 1. The molecule has 0 saturated carbocycles. The summed E-state index contributed by atoms with van der Waals surface area (Å²) in [6.45, 7) is 1.16. The van der Waals surface area contributed by atoms with Crippen molar-refractivity contribution in [1.82, 2.24) is 9.62 Å². The number of nitrogens with one attached hydrogen (secondary N) is 1. The smallest absolute Gasteiger partial charge is 0.283 e. The van der Waals surface area contributed by atoms with Gasteiger partial charge in [-0.3, -0.25) is 14.9 Å². The number of sulfonamides is 1. The van der Waals surface area contributed by atoms with Crippen LogP contribution < -0.4 is 5.32 Å². The van der Waals surface area contributed by atoms with Gasteiger partial charge in [-0.1, -0.05) is 30.2 Å². The van der Waals surface area contributed by atoms with Gasteiger partial charge in [0.2, 0.25) is 10.0 Å². The highest BCUT2D eigenvalue weighted by Gasteiger charge is 2.25. The van der Waals surface area contributed by atoms with E-state index in [1.807, 2.05) is 0 Å². The van der Waals surface area contributed by atoms with E-state index in [-0.39, 0.29) is 27.7 Å². The first kappa shape index (κ1) is 21.2. The lowest BCUT2D eigenvalue weighted by Crippen LogP contribution is -2.35. The molecule has 0 spiro atoms. The van der Waals surface area contributed by atoms with E-state index in [2.05, 4.69) is 5.32 Å². The minimum atomic E-state index is -3.51. The lowest BCUT2D eigenvalue weighted by atomic mass is 10.1. The Morgan fingerprint density at radius 1 is 1.10 bits per heavy atom. The van der Waals surface area contributed by atoms with Crippen molar-refractivity contribution in [3.63, 3.8) is 0 Å². The highest BCUT2D eigenvalue weighted by Crippen LogP contribution is 2.24. The van der Waals surface area contributed by atoms with Gasteiger partial charge in [-0.25, -0.2) is 8.42 Å². The Bertz CT molecular complexity index is 1020. The van der Waals surface area contributed by atoms with E-state index in [0.717, 1.165) is 25.3 Å². The zero-order valence-corrected chi connectivity index (χ0v) is 17.1. The van der Waals surface area contributed by atoms with E-state index in [0.29, 0.717) is 18.7 Å². The van der Waals surface area contributed by atoms with Crippen molar-refractivity contribution >= 4 is 33.2 Å². The van der Waals surface area contributed by atoms with Gasteiger partial charge in [-0.05, 0) is 42.7 Å². The molecule has 154 valence electrons. The second kappa shape index (κ2) is 8.89. The van der Waals surface area contributed by atoms with E-state index in [1.165, 1.54) is 28.6 Å². The molecule has 1 N–H and O–H groups in total. The molecule has 8 nitrogen and oxygen atoms in total. The Kier molecular flexibility index (Phi) is 6.51. The molecule has 2 aromatic rings. The molecule has 1 aliphatic heterocycles. The van der Waals surface area contributed by atoms with E-state index < -0.39 is 20.9 Å². The first-order chi connectivity index (χ1) is 13.8. The van der Waals surface area contributed by atoms with Crippen LogP contribution in [-0.4, -0.2) is 36.6 Å². The quantitative estimate of drug-likeness (QED) is 0.550. The maximum Gasteiger partial charge on any atom is 0.283 e. The second-order valence-electron chi connectivity index (χ2n) is 6.71. The summed E-state index contributed by atoms with van der Waals surface area (Å²) >= 11 is 5.76. The number of carbonyl (C=O) groups is 1. The minimum Gasteiger partial charge on any atom is -0.348 e. The molecule has 1 heterocycles. The van der Waals surface area contributed by atoms with Gasteiger partial charge in [0.1, 0.15) is 5.56 Å². The standard InChI is InChI=1S/C19H20ClN3O5S/c20-15-6-9-17(18(12-15)23(25)26)19(24)21-13-14-4-7-16(8-5-14)29(27,28)22-10-2-1-3-11-22/h4-9,12H,1-3,10-11,13H2,(H,21,24). The average Bonchev–Trinajstić information content (AvgIpc) is 2.73. The van der Waals surface area contributed by atoms with Gasteiger partial charge in [0.25, 0.3) is 11.6 Å². The van der Waals surface area contributed by atoms with Gasteiger partial charge in [-0.15, -0.1) is 0 Å². The van der Waals surface area contributed by atoms with Crippen molar-refractivity contribution in [3.05, 3.63) is 68.7 Å². The van der Waals surface area contributed by atoms with Gasteiger partial charge in [0.05, 0.1) is 9.82 Å². The number of nitro benzene ring substituents is 1. The average molecular weight is 438 g/mol. The van der Waals surface area contributed by atoms with Crippen LogP contribution in [0.2, 0.25) is 5.02 Å². The van der Waals surface area contributed by atoms with Gasteiger partial charge in [-0.2, -0.15) is 4.31 Å². The van der Waals surface area contributed by atoms with Crippen LogP contribution in [0.4, 0.5) is 5.69 Å². The fourth-order valence-corrected chi connectivity index (χ4v) is 4.84. The topological polar surface area (TPSA) is 110 Å². The molecule has 29 heavy (non-hydrogen) atoms. The Balaban J connectivity index is 1.68. The number of nitrogens with zero attached hydrogens (tertiary/aromatic N) is 2. The van der Waals surface area contributed by atoms with Crippen LogP contribution in [0.15, 0.2) is 47.4 Å². The van der Waals surface area contributed by atoms with Crippen LogP contribution in [0.3, 0.4) is 0 Å². The number of nitro groups is 1. The molecule has 1 amide bonds. The third-order valence-corrected chi connectivity index (χ3v) is 6.88. The Morgan fingerprint density at radius 3 is 2.38 bits per heavy atom. The van der Waals surface area contributed by atoms with Crippen LogP contribution in [0.5, 0.6) is 0 Å². The van der Waals surface area contributed by atoms with Crippen molar-refractivity contribution in [1.29, 1.82) is 0 Å². The van der Waals surface area contributed by atoms with Crippen molar-refractivity contribution in [2.24, 2.45) is 0 Å². The molecule has 10 heteroatoms. The van der Waals surface area contributed by atoms with Crippen LogP contribution in [0.1, 0.15) is 35.2 Å². The molecule has 0 radical (unpaired) electrons. The number of carbonyl (C=O) groups excluding carboxylic acids is 1. The zero-order valence-electron chi connectivity index (χ0n) is 15.5. The number of benzene rings is 2. The molecular formula is C19H20ClN3O5S. The lowest BCUT2D eigenvalue weighted by Gasteiger charge is -2.25. The van der Waals surface area contributed by atoms with E-state index in [1.54, 1.807) is 12.1 Å². The molecular weight excluding hydrogens is 418 g/mol. The predicted molar refractivity (Wildman–Crippen MR) is 108 cm³/mol. The summed E-state index contributed by atoms with van der Waals surface area (Å²) in [5.74, 6) is -0.613. The Morgan fingerprint density at radius 2 is 1.76 bits per heavy atom. The van der Waals surface area contributed by atoms with E-state index >= 15 is 0 Å². The van der Waals surface area contributed by atoms with E-state index in [9.17, 15) is 23.3 Å². The summed E-state index contributed by atoms with van der Waals surface area (Å²) in [6, 6.07) is 10.1. The van der Waals surface area contributed by atoms with Crippen molar-refractivity contribution in [2.45, 2.75) is 30.7 Å². The number of rotatable bonds is 6. The molecule has 0 atom stereocenters. The molecule has 0 unspecified atom stereocenters. The molecule has 1 aliphatic rings. The van der Waals surface area contributed by atoms with Gasteiger partial charge in [0, 0.05) is 30.7 Å². The third-order valence-electron chi connectivity index (χ3n) is 4.73. The number of amides is 1. The fraction of sp³-hybridized carbons (Fsp3) is 0.316. The van der Waals surface area contributed by atoms with Gasteiger partial charge >= 0.3 is 0 Å². The van der Waals surface area contributed by atoms with Crippen LogP contribution >= 0.6 is 11.6 Å². The summed E-state index contributed by atoms with van der Waals surface area (Å²) in [4.78, 5) is 23.0. The highest BCUT2D eigenvalue weighted by molar-refractivity contribution is 7.89. The number of hydrogen-bond donors (Lipinski definition) is 1. The SMILES string of the molecule is O=C(NCc1ccc(S(=O)(=O)N2CCCCC2)cc1)c1ccc(Cl)cc1[N+](=O)[O-].